The van der Waals surface area contributed by atoms with Gasteiger partial charge in [-0.05, 0) is 24.5 Å². The molecule has 1 unspecified atom stereocenters. The lowest BCUT2D eigenvalue weighted by atomic mass is 9.99. The fourth-order valence-electron chi connectivity index (χ4n) is 1.68. The van der Waals surface area contributed by atoms with Gasteiger partial charge in [0.25, 0.3) is 0 Å². The molecule has 1 aromatic rings. The minimum Gasteiger partial charge on any atom is -0.465 e. The number of alkyl halides is 4. The summed E-state index contributed by atoms with van der Waals surface area (Å²) < 4.78 is 46.1. The van der Waals surface area contributed by atoms with Crippen molar-refractivity contribution in [1.29, 1.82) is 0 Å². The van der Waals surface area contributed by atoms with Crippen LogP contribution in [0.1, 0.15) is 42.6 Å². The second-order valence-electron chi connectivity index (χ2n) is 4.61. The standard InChI is InChI=1S/C14H16BrF3O3/c1-4-20-13(19)12(15)10-7-9(8(2)3)5-6-11(10)21-14(16,17)18/h5-8,12H,4H2,1-3H3. The molecule has 3 nitrogen and oxygen atoms in total. The molecule has 0 saturated heterocycles. The second kappa shape index (κ2) is 7.15. The van der Waals surface area contributed by atoms with Crippen molar-refractivity contribution in [2.45, 2.75) is 37.9 Å². The Kier molecular flexibility index (Phi) is 6.07. The predicted octanol–water partition coefficient (Wildman–Crippen LogP) is 4.71. The maximum absolute atomic E-state index is 12.4. The van der Waals surface area contributed by atoms with Crippen LogP contribution in [0.15, 0.2) is 18.2 Å². The third-order valence-corrected chi connectivity index (χ3v) is 3.56. The van der Waals surface area contributed by atoms with Crippen molar-refractivity contribution in [1.82, 2.24) is 0 Å². The molecule has 0 aliphatic heterocycles. The Morgan fingerprint density at radius 2 is 1.95 bits per heavy atom. The zero-order valence-electron chi connectivity index (χ0n) is 11.8. The van der Waals surface area contributed by atoms with E-state index >= 15 is 0 Å². The van der Waals surface area contributed by atoms with Crippen LogP contribution in [0.5, 0.6) is 5.75 Å². The molecule has 0 bridgehead atoms. The van der Waals surface area contributed by atoms with E-state index in [9.17, 15) is 18.0 Å². The number of esters is 1. The molecule has 1 rings (SSSR count). The van der Waals surface area contributed by atoms with Gasteiger partial charge in [0.2, 0.25) is 0 Å². The molecule has 1 atom stereocenters. The first-order valence-corrected chi connectivity index (χ1v) is 7.27. The minimum absolute atomic E-state index is 0.0944. The first-order valence-electron chi connectivity index (χ1n) is 6.36. The Balaban J connectivity index is 3.22. The zero-order valence-corrected chi connectivity index (χ0v) is 13.4. The van der Waals surface area contributed by atoms with Crippen molar-refractivity contribution in [2.75, 3.05) is 6.61 Å². The summed E-state index contributed by atoms with van der Waals surface area (Å²) in [6.07, 6.45) is -4.82. The highest BCUT2D eigenvalue weighted by molar-refractivity contribution is 9.09. The molecule has 0 N–H and O–H groups in total. The van der Waals surface area contributed by atoms with Crippen LogP contribution in [0.3, 0.4) is 0 Å². The Labute approximate surface area is 129 Å². The van der Waals surface area contributed by atoms with E-state index in [1.807, 2.05) is 13.8 Å². The number of rotatable bonds is 5. The van der Waals surface area contributed by atoms with Gasteiger partial charge in [-0.2, -0.15) is 0 Å². The number of carbonyl (C=O) groups is 1. The van der Waals surface area contributed by atoms with Crippen LogP contribution < -0.4 is 4.74 Å². The van der Waals surface area contributed by atoms with Gasteiger partial charge in [-0.25, -0.2) is 0 Å². The topological polar surface area (TPSA) is 35.5 Å². The number of halogens is 4. The summed E-state index contributed by atoms with van der Waals surface area (Å²) >= 11 is 3.07. The van der Waals surface area contributed by atoms with Gasteiger partial charge in [0.05, 0.1) is 6.61 Å². The van der Waals surface area contributed by atoms with Crippen molar-refractivity contribution in [2.24, 2.45) is 0 Å². The van der Waals surface area contributed by atoms with Crippen LogP contribution in [0, 0.1) is 0 Å². The second-order valence-corrected chi connectivity index (χ2v) is 5.53. The van der Waals surface area contributed by atoms with Crippen LogP contribution in [0.2, 0.25) is 0 Å². The van der Waals surface area contributed by atoms with E-state index in [-0.39, 0.29) is 18.1 Å². The molecule has 0 saturated carbocycles. The molecule has 0 radical (unpaired) electrons. The molecule has 7 heteroatoms. The average Bonchev–Trinajstić information content (AvgIpc) is 2.36. The molecule has 1 aromatic carbocycles. The molecule has 0 aliphatic rings. The minimum atomic E-state index is -4.82. The highest BCUT2D eigenvalue weighted by atomic mass is 79.9. The molecule has 0 aliphatic carbocycles. The van der Waals surface area contributed by atoms with Crippen LogP contribution in [0.4, 0.5) is 13.2 Å². The van der Waals surface area contributed by atoms with Gasteiger partial charge in [0.15, 0.2) is 0 Å². The van der Waals surface area contributed by atoms with E-state index in [1.165, 1.54) is 12.1 Å². The van der Waals surface area contributed by atoms with E-state index in [4.69, 9.17) is 4.74 Å². The maximum Gasteiger partial charge on any atom is 0.573 e. The fourth-order valence-corrected chi connectivity index (χ4v) is 2.17. The van der Waals surface area contributed by atoms with E-state index in [1.54, 1.807) is 13.0 Å². The van der Waals surface area contributed by atoms with E-state index < -0.39 is 22.9 Å². The lowest BCUT2D eigenvalue weighted by Gasteiger charge is -2.18. The van der Waals surface area contributed by atoms with Gasteiger partial charge < -0.3 is 9.47 Å². The SMILES string of the molecule is CCOC(=O)C(Br)c1cc(C(C)C)ccc1OC(F)(F)F. The summed E-state index contributed by atoms with van der Waals surface area (Å²) in [5, 5.41) is 0. The molecule has 0 spiro atoms. The van der Waals surface area contributed by atoms with Crippen molar-refractivity contribution >= 4 is 21.9 Å². The summed E-state index contributed by atoms with van der Waals surface area (Å²) in [6, 6.07) is 4.27. The van der Waals surface area contributed by atoms with E-state index in [2.05, 4.69) is 20.7 Å². The third-order valence-electron chi connectivity index (χ3n) is 2.69. The summed E-state index contributed by atoms with van der Waals surface area (Å²) in [6.45, 7) is 5.56. The van der Waals surface area contributed by atoms with Gasteiger partial charge in [-0.1, -0.05) is 41.9 Å². The third kappa shape index (κ3) is 5.22. The summed E-state index contributed by atoms with van der Waals surface area (Å²) in [5.74, 6) is -0.974. The largest absolute Gasteiger partial charge is 0.573 e. The molecule has 0 aromatic heterocycles. The highest BCUT2D eigenvalue weighted by Crippen LogP contribution is 2.37. The predicted molar refractivity (Wildman–Crippen MR) is 75.5 cm³/mol. The Morgan fingerprint density at radius 3 is 2.43 bits per heavy atom. The first kappa shape index (κ1) is 17.8. The molecule has 0 heterocycles. The number of carbonyl (C=O) groups excluding carboxylic acids is 1. The van der Waals surface area contributed by atoms with Gasteiger partial charge in [-0.15, -0.1) is 13.2 Å². The Morgan fingerprint density at radius 1 is 1.33 bits per heavy atom. The van der Waals surface area contributed by atoms with Crippen molar-refractivity contribution < 1.29 is 27.4 Å². The van der Waals surface area contributed by atoms with Crippen LogP contribution in [-0.2, 0) is 9.53 Å². The van der Waals surface area contributed by atoms with Gasteiger partial charge in [-0.3, -0.25) is 4.79 Å². The number of ether oxygens (including phenoxy) is 2. The number of hydrogen-bond donors (Lipinski definition) is 0. The lowest BCUT2D eigenvalue weighted by molar-refractivity contribution is -0.274. The maximum atomic E-state index is 12.4. The summed E-state index contributed by atoms with van der Waals surface area (Å²) in [5.41, 5.74) is 0.894. The van der Waals surface area contributed by atoms with Gasteiger partial charge in [0, 0.05) is 5.56 Å². The summed E-state index contributed by atoms with van der Waals surface area (Å²) in [4.78, 5) is 10.7. The van der Waals surface area contributed by atoms with Crippen molar-refractivity contribution in [3.63, 3.8) is 0 Å². The number of hydrogen-bond acceptors (Lipinski definition) is 3. The van der Waals surface area contributed by atoms with Crippen molar-refractivity contribution in [3.05, 3.63) is 29.3 Å². The van der Waals surface area contributed by atoms with Crippen LogP contribution in [0.25, 0.3) is 0 Å². The van der Waals surface area contributed by atoms with E-state index in [0.717, 1.165) is 5.56 Å². The quantitative estimate of drug-likeness (QED) is 0.557. The van der Waals surface area contributed by atoms with Crippen LogP contribution in [-0.4, -0.2) is 18.9 Å². The monoisotopic (exact) mass is 368 g/mol. The van der Waals surface area contributed by atoms with Crippen LogP contribution >= 0.6 is 15.9 Å². The molecular weight excluding hydrogens is 353 g/mol. The molecule has 118 valence electrons. The summed E-state index contributed by atoms with van der Waals surface area (Å²) in [7, 11) is 0. The Hall–Kier alpha value is -1.24. The zero-order chi connectivity index (χ0) is 16.2. The van der Waals surface area contributed by atoms with Gasteiger partial charge >= 0.3 is 12.3 Å². The molecule has 0 fully saturated rings. The normalized spacial score (nSPS) is 13.1. The Bertz CT molecular complexity index is 501. The molecule has 0 amide bonds. The highest BCUT2D eigenvalue weighted by Gasteiger charge is 2.34. The fraction of sp³-hybridized carbons (Fsp3) is 0.500. The molecular formula is C14H16BrF3O3. The smallest absolute Gasteiger partial charge is 0.465 e. The van der Waals surface area contributed by atoms with Gasteiger partial charge in [0.1, 0.15) is 10.6 Å². The molecule has 21 heavy (non-hydrogen) atoms. The lowest BCUT2D eigenvalue weighted by Crippen LogP contribution is -2.20. The first-order chi connectivity index (χ1) is 9.65. The average molecular weight is 369 g/mol. The van der Waals surface area contributed by atoms with Crippen molar-refractivity contribution in [3.8, 4) is 5.75 Å². The van der Waals surface area contributed by atoms with E-state index in [0.29, 0.717) is 0 Å². The number of benzene rings is 1.